The van der Waals surface area contributed by atoms with E-state index >= 15 is 0 Å². The molecule has 0 saturated heterocycles. The van der Waals surface area contributed by atoms with Gasteiger partial charge in [0.25, 0.3) is 0 Å². The van der Waals surface area contributed by atoms with E-state index in [0.29, 0.717) is 0 Å². The maximum absolute atomic E-state index is 11.8. The Balaban J connectivity index is 3.13. The highest BCUT2D eigenvalue weighted by molar-refractivity contribution is 6.21. The van der Waals surface area contributed by atoms with Crippen molar-refractivity contribution in [2.24, 2.45) is 0 Å². The number of hydrogen-bond acceptors (Lipinski definition) is 5. The van der Waals surface area contributed by atoms with Gasteiger partial charge in [0.1, 0.15) is 0 Å². The zero-order chi connectivity index (χ0) is 16.0. The molecule has 1 aromatic carbocycles. The molecular formula is C14H16ClNO5. The molecule has 0 unspecified atom stereocenters. The number of hydrogen-bond donors (Lipinski definition) is 1. The topological polar surface area (TPSA) is 81.7 Å². The molecule has 7 heteroatoms. The van der Waals surface area contributed by atoms with Crippen LogP contribution in [-0.4, -0.2) is 37.4 Å². The largest absolute Gasteiger partial charge is 0.465 e. The lowest BCUT2D eigenvalue weighted by molar-refractivity contribution is -0.116. The van der Waals surface area contributed by atoms with E-state index in [1.165, 1.54) is 32.4 Å². The number of carbonyl (C=O) groups excluding carboxylic acids is 3. The van der Waals surface area contributed by atoms with Gasteiger partial charge in [-0.05, 0) is 25.1 Å². The third-order valence-electron chi connectivity index (χ3n) is 2.59. The first-order chi connectivity index (χ1) is 9.88. The van der Waals surface area contributed by atoms with Gasteiger partial charge >= 0.3 is 11.9 Å². The minimum absolute atomic E-state index is 0.0740. The van der Waals surface area contributed by atoms with Gasteiger partial charge in [-0.15, -0.1) is 11.6 Å². The van der Waals surface area contributed by atoms with Gasteiger partial charge in [0, 0.05) is 11.8 Å². The second kappa shape index (κ2) is 7.64. The van der Waals surface area contributed by atoms with Gasteiger partial charge in [0.15, 0.2) is 0 Å². The van der Waals surface area contributed by atoms with Crippen LogP contribution in [0.2, 0.25) is 0 Å². The summed E-state index contributed by atoms with van der Waals surface area (Å²) in [7, 11) is 2.47. The van der Waals surface area contributed by atoms with Crippen molar-refractivity contribution in [2.75, 3.05) is 19.5 Å². The van der Waals surface area contributed by atoms with E-state index in [0.717, 1.165) is 0 Å². The third kappa shape index (κ3) is 4.75. The Hall–Kier alpha value is -2.08. The maximum atomic E-state index is 11.8. The van der Waals surface area contributed by atoms with Crippen LogP contribution in [0.5, 0.6) is 0 Å². The van der Waals surface area contributed by atoms with Crippen molar-refractivity contribution >= 4 is 35.1 Å². The van der Waals surface area contributed by atoms with Crippen LogP contribution in [0.1, 0.15) is 34.1 Å². The minimum Gasteiger partial charge on any atom is -0.465 e. The summed E-state index contributed by atoms with van der Waals surface area (Å²) in [6, 6.07) is 4.16. The molecule has 1 N–H and O–H groups in total. The lowest BCUT2D eigenvalue weighted by atomic mass is 10.1. The molecule has 0 fully saturated rings. The van der Waals surface area contributed by atoms with Crippen molar-refractivity contribution in [1.29, 1.82) is 0 Å². The van der Waals surface area contributed by atoms with Crippen LogP contribution in [0.4, 0.5) is 5.69 Å². The van der Waals surface area contributed by atoms with Crippen molar-refractivity contribution in [3.63, 3.8) is 0 Å². The summed E-state index contributed by atoms with van der Waals surface area (Å²) in [6.07, 6.45) is 0.0740. The number of esters is 2. The predicted molar refractivity (Wildman–Crippen MR) is 77.7 cm³/mol. The van der Waals surface area contributed by atoms with Crippen LogP contribution in [0.3, 0.4) is 0 Å². The molecule has 0 heterocycles. The van der Waals surface area contributed by atoms with Crippen molar-refractivity contribution in [2.45, 2.75) is 18.7 Å². The van der Waals surface area contributed by atoms with E-state index in [4.69, 9.17) is 11.6 Å². The highest BCUT2D eigenvalue weighted by Crippen LogP contribution is 2.20. The zero-order valence-corrected chi connectivity index (χ0v) is 12.7. The Labute approximate surface area is 127 Å². The number of ether oxygens (including phenoxy) is 2. The molecule has 1 rings (SSSR count). The molecule has 0 spiro atoms. The zero-order valence-electron chi connectivity index (χ0n) is 11.9. The van der Waals surface area contributed by atoms with Crippen molar-refractivity contribution < 1.29 is 23.9 Å². The van der Waals surface area contributed by atoms with Crippen LogP contribution in [0.15, 0.2) is 18.2 Å². The monoisotopic (exact) mass is 313 g/mol. The van der Waals surface area contributed by atoms with Crippen LogP contribution in [-0.2, 0) is 14.3 Å². The SMILES string of the molecule is COC(=O)c1ccc(C(=O)OC)c(NC(=O)C[C@H](C)Cl)c1. The summed E-state index contributed by atoms with van der Waals surface area (Å²) >= 11 is 5.75. The minimum atomic E-state index is -0.624. The van der Waals surface area contributed by atoms with E-state index in [1.807, 2.05) is 0 Å². The fourth-order valence-electron chi connectivity index (χ4n) is 1.64. The lowest BCUT2D eigenvalue weighted by Crippen LogP contribution is -2.18. The van der Waals surface area contributed by atoms with E-state index in [2.05, 4.69) is 14.8 Å². The van der Waals surface area contributed by atoms with E-state index in [9.17, 15) is 14.4 Å². The summed E-state index contributed by atoms with van der Waals surface area (Å²) in [5.41, 5.74) is 0.521. The summed E-state index contributed by atoms with van der Waals surface area (Å²) in [5.74, 6) is -1.57. The summed E-state index contributed by atoms with van der Waals surface area (Å²) < 4.78 is 9.23. The van der Waals surface area contributed by atoms with Gasteiger partial charge in [-0.25, -0.2) is 9.59 Å². The van der Waals surface area contributed by atoms with Gasteiger partial charge in [0.2, 0.25) is 5.91 Å². The number of benzene rings is 1. The molecule has 21 heavy (non-hydrogen) atoms. The summed E-state index contributed by atoms with van der Waals surface area (Å²) in [6.45, 7) is 1.67. The highest BCUT2D eigenvalue weighted by atomic mass is 35.5. The van der Waals surface area contributed by atoms with Crippen LogP contribution >= 0.6 is 11.6 Å². The number of methoxy groups -OCH3 is 2. The fourth-order valence-corrected chi connectivity index (χ4v) is 1.78. The smallest absolute Gasteiger partial charge is 0.339 e. The second-order valence-electron chi connectivity index (χ2n) is 4.28. The van der Waals surface area contributed by atoms with Crippen LogP contribution < -0.4 is 5.32 Å². The highest BCUT2D eigenvalue weighted by Gasteiger charge is 2.17. The Bertz CT molecular complexity index is 556. The Morgan fingerprint density at radius 2 is 1.81 bits per heavy atom. The fraction of sp³-hybridized carbons (Fsp3) is 0.357. The van der Waals surface area contributed by atoms with E-state index in [-0.39, 0.29) is 34.5 Å². The lowest BCUT2D eigenvalue weighted by Gasteiger charge is -2.12. The molecule has 0 aromatic heterocycles. The van der Waals surface area contributed by atoms with Crippen molar-refractivity contribution in [1.82, 2.24) is 0 Å². The Morgan fingerprint density at radius 3 is 2.33 bits per heavy atom. The van der Waals surface area contributed by atoms with E-state index in [1.54, 1.807) is 6.92 Å². The number of nitrogens with one attached hydrogen (secondary N) is 1. The third-order valence-corrected chi connectivity index (χ3v) is 2.74. The van der Waals surface area contributed by atoms with Gasteiger partial charge < -0.3 is 14.8 Å². The Kier molecular flexibility index (Phi) is 6.17. The van der Waals surface area contributed by atoms with Gasteiger partial charge in [-0.1, -0.05) is 0 Å². The number of carbonyl (C=O) groups is 3. The quantitative estimate of drug-likeness (QED) is 0.666. The molecular weight excluding hydrogens is 298 g/mol. The molecule has 0 aliphatic carbocycles. The van der Waals surface area contributed by atoms with Gasteiger partial charge in [-0.2, -0.15) is 0 Å². The number of rotatable bonds is 5. The second-order valence-corrected chi connectivity index (χ2v) is 5.02. The molecule has 0 aliphatic heterocycles. The average Bonchev–Trinajstić information content (AvgIpc) is 2.44. The molecule has 1 amide bonds. The number of alkyl halides is 1. The maximum Gasteiger partial charge on any atom is 0.339 e. The first-order valence-corrected chi connectivity index (χ1v) is 6.57. The normalized spacial score (nSPS) is 11.4. The number of halogens is 1. The first-order valence-electron chi connectivity index (χ1n) is 6.13. The molecule has 0 aliphatic rings. The average molecular weight is 314 g/mol. The van der Waals surface area contributed by atoms with E-state index < -0.39 is 11.9 Å². The Morgan fingerprint density at radius 1 is 1.19 bits per heavy atom. The number of anilines is 1. The standard InChI is InChI=1S/C14H16ClNO5/c1-8(15)6-12(17)16-11-7-9(13(18)20-2)4-5-10(11)14(19)21-3/h4-5,7-8H,6H2,1-3H3,(H,16,17)/t8-/m0/s1. The molecule has 0 radical (unpaired) electrons. The van der Waals surface area contributed by atoms with Gasteiger partial charge in [0.05, 0.1) is 31.0 Å². The van der Waals surface area contributed by atoms with Gasteiger partial charge in [-0.3, -0.25) is 4.79 Å². The molecule has 0 bridgehead atoms. The van der Waals surface area contributed by atoms with Crippen molar-refractivity contribution in [3.05, 3.63) is 29.3 Å². The summed E-state index contributed by atoms with van der Waals surface area (Å²) in [5, 5.41) is 2.19. The summed E-state index contributed by atoms with van der Waals surface area (Å²) in [4.78, 5) is 35.0. The van der Waals surface area contributed by atoms with Crippen LogP contribution in [0, 0.1) is 0 Å². The molecule has 0 saturated carbocycles. The molecule has 6 nitrogen and oxygen atoms in total. The first kappa shape index (κ1) is 17.0. The molecule has 114 valence electrons. The molecule has 1 atom stereocenters. The van der Waals surface area contributed by atoms with Crippen molar-refractivity contribution in [3.8, 4) is 0 Å². The number of amides is 1. The predicted octanol–water partition coefficient (Wildman–Crippen LogP) is 2.22. The van der Waals surface area contributed by atoms with Crippen LogP contribution in [0.25, 0.3) is 0 Å². The molecule has 1 aromatic rings.